The van der Waals surface area contributed by atoms with Crippen LogP contribution in [0, 0.1) is 13.8 Å². The van der Waals surface area contributed by atoms with E-state index in [1.54, 1.807) is 4.68 Å². The number of hydrogen-bond donors (Lipinski definition) is 0. The average Bonchev–Trinajstić information content (AvgIpc) is 2.58. The molecule has 2 aromatic rings. The number of nitrogens with zero attached hydrogens (tertiary/aromatic N) is 2. The van der Waals surface area contributed by atoms with Crippen LogP contribution in [0.5, 0.6) is 0 Å². The summed E-state index contributed by atoms with van der Waals surface area (Å²) in [5.41, 5.74) is 4.11. The number of aryl methyl sites for hydroxylation is 2. The molecule has 1 aromatic carbocycles. The Bertz CT molecular complexity index is 498. The van der Waals surface area contributed by atoms with Crippen LogP contribution >= 0.6 is 23.2 Å². The Morgan fingerprint density at radius 1 is 1.31 bits per heavy atom. The Morgan fingerprint density at radius 2 is 2.06 bits per heavy atom. The van der Waals surface area contributed by atoms with Crippen molar-refractivity contribution in [1.82, 2.24) is 9.78 Å². The second kappa shape index (κ2) is 4.48. The van der Waals surface area contributed by atoms with E-state index in [2.05, 4.69) is 11.2 Å². The third-order valence-corrected chi connectivity index (χ3v) is 3.18. The summed E-state index contributed by atoms with van der Waals surface area (Å²) < 4.78 is 1.80. The van der Waals surface area contributed by atoms with Gasteiger partial charge in [-0.1, -0.05) is 23.7 Å². The van der Waals surface area contributed by atoms with Crippen molar-refractivity contribution in [2.45, 2.75) is 19.7 Å². The Kier molecular flexibility index (Phi) is 3.22. The highest BCUT2D eigenvalue weighted by Crippen LogP contribution is 2.20. The number of alkyl halides is 1. The van der Waals surface area contributed by atoms with Crippen LogP contribution in [0.1, 0.15) is 16.8 Å². The zero-order chi connectivity index (χ0) is 11.7. The fraction of sp³-hybridized carbons (Fsp3) is 0.250. The summed E-state index contributed by atoms with van der Waals surface area (Å²) in [6.07, 6.45) is 1.82. The minimum Gasteiger partial charge on any atom is -0.239 e. The maximum atomic E-state index is 5.99. The summed E-state index contributed by atoms with van der Waals surface area (Å²) in [6.45, 7) is 3.93. The Morgan fingerprint density at radius 3 is 2.56 bits per heavy atom. The fourth-order valence-corrected chi connectivity index (χ4v) is 1.92. The van der Waals surface area contributed by atoms with Crippen LogP contribution in [0.25, 0.3) is 5.69 Å². The molecule has 84 valence electrons. The molecule has 1 heterocycles. The minimum atomic E-state index is 0.528. The van der Waals surface area contributed by atoms with Gasteiger partial charge in [-0.25, -0.2) is 4.68 Å². The third kappa shape index (κ3) is 2.08. The molecule has 0 spiro atoms. The fourth-order valence-electron chi connectivity index (χ4n) is 1.62. The molecule has 0 bridgehead atoms. The molecule has 0 aliphatic heterocycles. The Labute approximate surface area is 105 Å². The zero-order valence-electron chi connectivity index (χ0n) is 9.17. The largest absolute Gasteiger partial charge is 0.239 e. The van der Waals surface area contributed by atoms with Crippen molar-refractivity contribution in [1.29, 1.82) is 0 Å². The second-order valence-corrected chi connectivity index (χ2v) is 4.44. The van der Waals surface area contributed by atoms with Crippen molar-refractivity contribution in [3.63, 3.8) is 0 Å². The van der Waals surface area contributed by atoms with Crippen LogP contribution in [-0.4, -0.2) is 9.78 Å². The quantitative estimate of drug-likeness (QED) is 0.744. The van der Waals surface area contributed by atoms with Gasteiger partial charge in [-0.3, -0.25) is 0 Å². The van der Waals surface area contributed by atoms with E-state index < -0.39 is 0 Å². The average molecular weight is 255 g/mol. The highest BCUT2D eigenvalue weighted by Gasteiger charge is 2.06. The molecule has 0 N–H and O–H groups in total. The molecule has 0 aliphatic rings. The lowest BCUT2D eigenvalue weighted by Crippen LogP contribution is -1.98. The van der Waals surface area contributed by atoms with E-state index in [0.717, 1.165) is 22.5 Å². The topological polar surface area (TPSA) is 17.8 Å². The molecular formula is C12H12Cl2N2. The molecule has 0 unspecified atom stereocenters. The van der Waals surface area contributed by atoms with E-state index in [0.29, 0.717) is 10.9 Å². The number of aromatic nitrogens is 2. The molecule has 2 nitrogen and oxygen atoms in total. The van der Waals surface area contributed by atoms with Crippen molar-refractivity contribution in [3.8, 4) is 5.69 Å². The summed E-state index contributed by atoms with van der Waals surface area (Å²) in [7, 11) is 0. The highest BCUT2D eigenvalue weighted by atomic mass is 35.5. The molecule has 0 fully saturated rings. The molecular weight excluding hydrogens is 243 g/mol. The lowest BCUT2D eigenvalue weighted by atomic mass is 10.1. The first-order chi connectivity index (χ1) is 7.61. The van der Waals surface area contributed by atoms with Gasteiger partial charge in [-0.05, 0) is 31.0 Å². The molecule has 4 heteroatoms. The Hall–Kier alpha value is -0.990. The van der Waals surface area contributed by atoms with Gasteiger partial charge in [-0.2, -0.15) is 5.10 Å². The summed E-state index contributed by atoms with van der Waals surface area (Å²) >= 11 is 11.8. The number of rotatable bonds is 2. The zero-order valence-corrected chi connectivity index (χ0v) is 10.7. The van der Waals surface area contributed by atoms with Gasteiger partial charge in [0.15, 0.2) is 0 Å². The van der Waals surface area contributed by atoms with Gasteiger partial charge in [0.25, 0.3) is 0 Å². The van der Waals surface area contributed by atoms with Gasteiger partial charge in [0.1, 0.15) is 0 Å². The van der Waals surface area contributed by atoms with Crippen molar-refractivity contribution in [2.24, 2.45) is 0 Å². The SMILES string of the molecule is Cc1cc(CCl)ccc1-n1cc(Cl)c(C)n1. The second-order valence-electron chi connectivity index (χ2n) is 3.76. The minimum absolute atomic E-state index is 0.528. The van der Waals surface area contributed by atoms with E-state index >= 15 is 0 Å². The van der Waals surface area contributed by atoms with Crippen molar-refractivity contribution >= 4 is 23.2 Å². The van der Waals surface area contributed by atoms with Crippen LogP contribution in [0.2, 0.25) is 5.02 Å². The molecule has 1 aromatic heterocycles. The van der Waals surface area contributed by atoms with E-state index in [9.17, 15) is 0 Å². The van der Waals surface area contributed by atoms with Gasteiger partial charge in [0.05, 0.1) is 16.4 Å². The van der Waals surface area contributed by atoms with Crippen LogP contribution in [-0.2, 0) is 5.88 Å². The standard InChI is InChI=1S/C12H12Cl2N2/c1-8-5-10(6-13)3-4-12(8)16-7-11(14)9(2)15-16/h3-5,7H,6H2,1-2H3. The first-order valence-electron chi connectivity index (χ1n) is 4.99. The number of hydrogen-bond acceptors (Lipinski definition) is 1. The highest BCUT2D eigenvalue weighted by molar-refractivity contribution is 6.31. The molecule has 2 rings (SSSR count). The monoisotopic (exact) mass is 254 g/mol. The molecule has 0 amide bonds. The van der Waals surface area contributed by atoms with E-state index in [1.165, 1.54) is 0 Å². The van der Waals surface area contributed by atoms with Gasteiger partial charge < -0.3 is 0 Å². The predicted molar refractivity (Wildman–Crippen MR) is 67.6 cm³/mol. The van der Waals surface area contributed by atoms with Crippen molar-refractivity contribution in [3.05, 3.63) is 46.2 Å². The summed E-state index contributed by atoms with van der Waals surface area (Å²) in [4.78, 5) is 0. The Balaban J connectivity index is 2.48. The lowest BCUT2D eigenvalue weighted by molar-refractivity contribution is 0.855. The third-order valence-electron chi connectivity index (χ3n) is 2.50. The maximum absolute atomic E-state index is 5.99. The normalized spacial score (nSPS) is 10.8. The van der Waals surface area contributed by atoms with Crippen LogP contribution in [0.4, 0.5) is 0 Å². The van der Waals surface area contributed by atoms with Gasteiger partial charge in [0, 0.05) is 12.1 Å². The maximum Gasteiger partial charge on any atom is 0.0819 e. The van der Waals surface area contributed by atoms with Crippen molar-refractivity contribution in [2.75, 3.05) is 0 Å². The predicted octanol–water partition coefficient (Wildman–Crippen LogP) is 3.88. The number of halogens is 2. The van der Waals surface area contributed by atoms with E-state index in [1.807, 2.05) is 32.2 Å². The van der Waals surface area contributed by atoms with Crippen LogP contribution in [0.15, 0.2) is 24.4 Å². The molecule has 16 heavy (non-hydrogen) atoms. The van der Waals surface area contributed by atoms with Crippen LogP contribution in [0.3, 0.4) is 0 Å². The number of benzene rings is 1. The van der Waals surface area contributed by atoms with Gasteiger partial charge >= 0.3 is 0 Å². The van der Waals surface area contributed by atoms with Crippen molar-refractivity contribution < 1.29 is 0 Å². The molecule has 0 radical (unpaired) electrons. The molecule has 0 aliphatic carbocycles. The summed E-state index contributed by atoms with van der Waals surface area (Å²) in [6, 6.07) is 6.07. The summed E-state index contributed by atoms with van der Waals surface area (Å²) in [5.74, 6) is 0.528. The van der Waals surface area contributed by atoms with E-state index in [4.69, 9.17) is 23.2 Å². The van der Waals surface area contributed by atoms with E-state index in [-0.39, 0.29) is 0 Å². The van der Waals surface area contributed by atoms with Crippen LogP contribution < -0.4 is 0 Å². The smallest absolute Gasteiger partial charge is 0.0819 e. The lowest BCUT2D eigenvalue weighted by Gasteiger charge is -2.07. The first-order valence-corrected chi connectivity index (χ1v) is 5.90. The molecule has 0 saturated carbocycles. The first kappa shape index (κ1) is 11.5. The summed E-state index contributed by atoms with van der Waals surface area (Å²) in [5, 5.41) is 5.03. The molecule has 0 saturated heterocycles. The molecule has 0 atom stereocenters. The van der Waals surface area contributed by atoms with Gasteiger partial charge in [0.2, 0.25) is 0 Å². The van der Waals surface area contributed by atoms with Gasteiger partial charge in [-0.15, -0.1) is 11.6 Å².